The molecule has 28 heavy (non-hydrogen) atoms. The summed E-state index contributed by atoms with van der Waals surface area (Å²) in [6, 6.07) is 13.7. The van der Waals surface area contributed by atoms with Crippen LogP contribution in [0.5, 0.6) is 0 Å². The summed E-state index contributed by atoms with van der Waals surface area (Å²) >= 11 is 5.60. The Kier molecular flexibility index (Phi) is 6.01. The van der Waals surface area contributed by atoms with Gasteiger partial charge in [0.2, 0.25) is 4.77 Å². The van der Waals surface area contributed by atoms with Crippen LogP contribution in [0, 0.1) is 18.6 Å². The van der Waals surface area contributed by atoms with E-state index in [0.29, 0.717) is 17.0 Å². The Morgan fingerprint density at radius 1 is 1.14 bits per heavy atom. The first-order valence-electron chi connectivity index (χ1n) is 9.12. The Labute approximate surface area is 169 Å². The van der Waals surface area contributed by atoms with Crippen LogP contribution in [0.15, 0.2) is 42.5 Å². The fraction of sp³-hybridized carbons (Fsp3) is 0.300. The third kappa shape index (κ3) is 4.18. The molecule has 0 saturated heterocycles. The monoisotopic (exact) mass is 397 g/mol. The number of quaternary nitrogens is 1. The number of hydrogen-bond donors (Lipinski definition) is 2. The molecule has 0 spiro atoms. The lowest BCUT2D eigenvalue weighted by atomic mass is 10.1. The Balaban J connectivity index is 1.72. The average Bonchev–Trinajstić information content (AvgIpc) is 3.04. The summed E-state index contributed by atoms with van der Waals surface area (Å²) in [5.74, 6) is -0.0818. The van der Waals surface area contributed by atoms with Crippen LogP contribution in [-0.2, 0) is 13.2 Å². The van der Waals surface area contributed by atoms with Crippen molar-refractivity contribution in [3.05, 3.63) is 69.5 Å². The number of tetrazole rings is 1. The van der Waals surface area contributed by atoms with Crippen molar-refractivity contribution in [3.63, 3.8) is 0 Å². The minimum Gasteiger partial charge on any atom is -0.355 e. The quantitative estimate of drug-likeness (QED) is 0.618. The number of hydrogen-bond acceptors (Lipinski definition) is 4. The van der Waals surface area contributed by atoms with Gasteiger partial charge in [-0.05, 0) is 65.8 Å². The maximum absolute atomic E-state index is 11.6. The molecule has 146 valence electrons. The molecule has 1 atom stereocenters. The van der Waals surface area contributed by atoms with E-state index in [2.05, 4.69) is 42.7 Å². The van der Waals surface area contributed by atoms with E-state index in [9.17, 15) is 4.79 Å². The summed E-state index contributed by atoms with van der Waals surface area (Å²) in [6.07, 6.45) is 0. The molecule has 0 aliphatic carbocycles. The summed E-state index contributed by atoms with van der Waals surface area (Å²) in [7, 11) is 3.70. The molecule has 3 rings (SSSR count). The van der Waals surface area contributed by atoms with Gasteiger partial charge in [0.25, 0.3) is 5.91 Å². The van der Waals surface area contributed by atoms with E-state index in [4.69, 9.17) is 12.2 Å². The van der Waals surface area contributed by atoms with Gasteiger partial charge in [0.05, 0.1) is 12.7 Å². The summed E-state index contributed by atoms with van der Waals surface area (Å²) in [5.41, 5.74) is 5.08. The van der Waals surface area contributed by atoms with Gasteiger partial charge in [0.15, 0.2) is 6.67 Å². The first-order chi connectivity index (χ1) is 13.4. The lowest BCUT2D eigenvalue weighted by molar-refractivity contribution is -0.917. The fourth-order valence-electron chi connectivity index (χ4n) is 3.07. The molecular formula is C20H25N6OS+. The van der Waals surface area contributed by atoms with Gasteiger partial charge in [0.1, 0.15) is 6.54 Å². The second kappa shape index (κ2) is 8.45. The van der Waals surface area contributed by atoms with Crippen molar-refractivity contribution in [2.45, 2.75) is 27.1 Å². The van der Waals surface area contributed by atoms with E-state index < -0.39 is 0 Å². The SMILES string of the molecule is CNC(=O)c1ccc(C[NH+](C)Cn2nnn(-c3cccc(C)c3C)c2=S)cc1. The maximum Gasteiger partial charge on any atom is 0.251 e. The number of carbonyl (C=O) groups is 1. The van der Waals surface area contributed by atoms with E-state index in [1.807, 2.05) is 36.4 Å². The second-order valence-electron chi connectivity index (χ2n) is 6.96. The average molecular weight is 398 g/mol. The minimum atomic E-state index is -0.0818. The summed E-state index contributed by atoms with van der Waals surface area (Å²) in [4.78, 5) is 12.8. The molecule has 0 aliphatic heterocycles. The highest BCUT2D eigenvalue weighted by atomic mass is 32.1. The minimum absolute atomic E-state index is 0.0818. The van der Waals surface area contributed by atoms with Gasteiger partial charge >= 0.3 is 0 Å². The molecule has 1 heterocycles. The lowest BCUT2D eigenvalue weighted by Gasteiger charge is -2.13. The number of aromatic nitrogens is 4. The number of benzene rings is 2. The van der Waals surface area contributed by atoms with E-state index in [0.717, 1.165) is 23.4 Å². The first-order valence-corrected chi connectivity index (χ1v) is 9.53. The molecule has 0 bridgehead atoms. The summed E-state index contributed by atoms with van der Waals surface area (Å²) < 4.78 is 4.03. The maximum atomic E-state index is 11.6. The fourth-order valence-corrected chi connectivity index (χ4v) is 3.30. The number of nitrogens with one attached hydrogen (secondary N) is 2. The first kappa shape index (κ1) is 19.9. The van der Waals surface area contributed by atoms with Crippen molar-refractivity contribution in [1.82, 2.24) is 25.1 Å². The predicted octanol–water partition coefficient (Wildman–Crippen LogP) is 1.45. The standard InChI is InChI=1S/C20H24N6OS/c1-14-6-5-7-18(15(14)2)26-20(28)25(22-23-26)13-24(4)12-16-8-10-17(11-9-16)19(27)21-3/h5-11H,12-13H2,1-4H3,(H,21,27)/p+1. The zero-order valence-electron chi connectivity index (χ0n) is 16.6. The molecule has 1 aromatic heterocycles. The van der Waals surface area contributed by atoms with E-state index >= 15 is 0 Å². The second-order valence-corrected chi connectivity index (χ2v) is 7.33. The van der Waals surface area contributed by atoms with Crippen LogP contribution in [0.3, 0.4) is 0 Å². The van der Waals surface area contributed by atoms with Crippen LogP contribution >= 0.6 is 12.2 Å². The predicted molar refractivity (Wildman–Crippen MR) is 110 cm³/mol. The number of amides is 1. The van der Waals surface area contributed by atoms with Gasteiger partial charge in [-0.25, -0.2) is 0 Å². The van der Waals surface area contributed by atoms with Gasteiger partial charge < -0.3 is 10.2 Å². The Morgan fingerprint density at radius 2 is 1.86 bits per heavy atom. The molecule has 2 N–H and O–H groups in total. The summed E-state index contributed by atoms with van der Waals surface area (Å²) in [6.45, 7) is 5.51. The molecule has 2 aromatic carbocycles. The van der Waals surface area contributed by atoms with Crippen molar-refractivity contribution in [3.8, 4) is 5.69 Å². The molecule has 1 unspecified atom stereocenters. The van der Waals surface area contributed by atoms with Gasteiger partial charge in [-0.2, -0.15) is 9.36 Å². The van der Waals surface area contributed by atoms with E-state index in [1.165, 1.54) is 10.5 Å². The molecule has 8 heteroatoms. The third-order valence-corrected chi connectivity index (χ3v) is 5.20. The zero-order valence-corrected chi connectivity index (χ0v) is 17.4. The molecule has 7 nitrogen and oxygen atoms in total. The Morgan fingerprint density at radius 3 is 2.54 bits per heavy atom. The van der Waals surface area contributed by atoms with Gasteiger partial charge in [-0.15, -0.1) is 0 Å². The Hall–Kier alpha value is -2.84. The Bertz CT molecular complexity index is 1040. The molecule has 0 saturated carbocycles. The van der Waals surface area contributed by atoms with Gasteiger partial charge in [0, 0.05) is 18.2 Å². The van der Waals surface area contributed by atoms with Crippen LogP contribution in [0.1, 0.15) is 27.0 Å². The molecule has 0 radical (unpaired) electrons. The number of rotatable bonds is 6. The van der Waals surface area contributed by atoms with Crippen LogP contribution < -0.4 is 10.2 Å². The van der Waals surface area contributed by atoms with Crippen LogP contribution in [-0.4, -0.2) is 39.8 Å². The molecule has 3 aromatic rings. The van der Waals surface area contributed by atoms with Crippen molar-refractivity contribution in [1.29, 1.82) is 0 Å². The lowest BCUT2D eigenvalue weighted by Crippen LogP contribution is -3.07. The topological polar surface area (TPSA) is 69.2 Å². The molecule has 0 fully saturated rings. The smallest absolute Gasteiger partial charge is 0.251 e. The third-order valence-electron chi connectivity index (χ3n) is 4.81. The van der Waals surface area contributed by atoms with E-state index in [1.54, 1.807) is 16.4 Å². The van der Waals surface area contributed by atoms with Crippen LogP contribution in [0.2, 0.25) is 0 Å². The number of carbonyl (C=O) groups excluding carboxylic acids is 1. The van der Waals surface area contributed by atoms with Crippen molar-refractivity contribution >= 4 is 18.1 Å². The van der Waals surface area contributed by atoms with Crippen molar-refractivity contribution in [2.75, 3.05) is 14.1 Å². The number of nitrogens with zero attached hydrogens (tertiary/aromatic N) is 4. The largest absolute Gasteiger partial charge is 0.355 e. The highest BCUT2D eigenvalue weighted by Gasteiger charge is 2.13. The molecular weight excluding hydrogens is 372 g/mol. The van der Waals surface area contributed by atoms with Gasteiger partial charge in [-0.1, -0.05) is 24.3 Å². The highest BCUT2D eigenvalue weighted by molar-refractivity contribution is 7.71. The van der Waals surface area contributed by atoms with Crippen molar-refractivity contribution < 1.29 is 9.69 Å². The van der Waals surface area contributed by atoms with Crippen LogP contribution in [0.4, 0.5) is 0 Å². The normalized spacial score (nSPS) is 12.0. The van der Waals surface area contributed by atoms with Crippen LogP contribution in [0.25, 0.3) is 5.69 Å². The molecule has 1 amide bonds. The van der Waals surface area contributed by atoms with Crippen molar-refractivity contribution in [2.24, 2.45) is 0 Å². The van der Waals surface area contributed by atoms with Gasteiger partial charge in [-0.3, -0.25) is 4.79 Å². The van der Waals surface area contributed by atoms with E-state index in [-0.39, 0.29) is 5.91 Å². The highest BCUT2D eigenvalue weighted by Crippen LogP contribution is 2.16. The molecule has 0 aliphatic rings. The summed E-state index contributed by atoms with van der Waals surface area (Å²) in [5, 5.41) is 11.1. The zero-order chi connectivity index (χ0) is 20.3. The number of aryl methyl sites for hydroxylation is 1.